The lowest BCUT2D eigenvalue weighted by atomic mass is 10.3. The van der Waals surface area contributed by atoms with Gasteiger partial charge in [0.25, 0.3) is 0 Å². The second kappa shape index (κ2) is 5.10. The third kappa shape index (κ3) is 3.23. The highest BCUT2D eigenvalue weighted by Gasteiger charge is 2.31. The van der Waals surface area contributed by atoms with Crippen LogP contribution in [-0.2, 0) is 0 Å². The first-order chi connectivity index (χ1) is 6.86. The van der Waals surface area contributed by atoms with Crippen LogP contribution in [0.25, 0.3) is 0 Å². The molecule has 0 radical (unpaired) electrons. The molecule has 0 aromatic rings. The fourth-order valence-corrected chi connectivity index (χ4v) is 2.14. The van der Waals surface area contributed by atoms with Crippen LogP contribution < -0.4 is 10.6 Å². The third-order valence-electron chi connectivity index (χ3n) is 3.50. The highest BCUT2D eigenvalue weighted by molar-refractivity contribution is 4.84. The van der Waals surface area contributed by atoms with Crippen LogP contribution in [0.2, 0.25) is 0 Å². The van der Waals surface area contributed by atoms with E-state index in [1.165, 1.54) is 52.2 Å². The molecule has 1 heterocycles. The van der Waals surface area contributed by atoms with Crippen LogP contribution in [0.4, 0.5) is 0 Å². The number of hydrogen-bond donors (Lipinski definition) is 2. The van der Waals surface area contributed by atoms with Crippen molar-refractivity contribution < 1.29 is 0 Å². The lowest BCUT2D eigenvalue weighted by Crippen LogP contribution is -2.45. The van der Waals surface area contributed by atoms with Crippen molar-refractivity contribution in [1.29, 1.82) is 0 Å². The summed E-state index contributed by atoms with van der Waals surface area (Å²) in [4.78, 5) is 2.54. The van der Waals surface area contributed by atoms with Crippen LogP contribution in [-0.4, -0.2) is 50.7 Å². The summed E-state index contributed by atoms with van der Waals surface area (Å²) in [7, 11) is 0. The molecule has 1 saturated heterocycles. The van der Waals surface area contributed by atoms with Crippen LogP contribution in [0.15, 0.2) is 0 Å². The van der Waals surface area contributed by atoms with Crippen molar-refractivity contribution in [3.05, 3.63) is 0 Å². The maximum Gasteiger partial charge on any atom is 0.0108 e. The van der Waals surface area contributed by atoms with E-state index in [9.17, 15) is 0 Å². The maximum atomic E-state index is 3.56. The minimum absolute atomic E-state index is 0.984. The number of hydrogen-bond acceptors (Lipinski definition) is 3. The third-order valence-corrected chi connectivity index (χ3v) is 3.50. The van der Waals surface area contributed by atoms with E-state index in [1.807, 2.05) is 0 Å². The van der Waals surface area contributed by atoms with Crippen LogP contribution in [0.3, 0.4) is 0 Å². The molecule has 0 spiro atoms. The average molecular weight is 197 g/mol. The monoisotopic (exact) mass is 197 g/mol. The molecular formula is C11H23N3. The molecule has 14 heavy (non-hydrogen) atoms. The van der Waals surface area contributed by atoms with Crippen LogP contribution in [0, 0.1) is 11.8 Å². The lowest BCUT2D eigenvalue weighted by molar-refractivity contribution is 0.241. The Balaban J connectivity index is 1.45. The number of piperazine rings is 1. The first-order valence-corrected chi connectivity index (χ1v) is 6.00. The summed E-state index contributed by atoms with van der Waals surface area (Å²) in [5.74, 6) is 1.97. The van der Waals surface area contributed by atoms with Gasteiger partial charge in [-0.05, 0) is 24.8 Å². The summed E-state index contributed by atoms with van der Waals surface area (Å²) < 4.78 is 0. The smallest absolute Gasteiger partial charge is 0.0108 e. The quantitative estimate of drug-likeness (QED) is 0.614. The molecule has 1 aliphatic carbocycles. The Labute approximate surface area is 87.2 Å². The molecule has 2 atom stereocenters. The fourth-order valence-electron chi connectivity index (χ4n) is 2.14. The Morgan fingerprint density at radius 1 is 1.36 bits per heavy atom. The van der Waals surface area contributed by atoms with Gasteiger partial charge in [0, 0.05) is 39.3 Å². The number of nitrogens with one attached hydrogen (secondary N) is 2. The Kier molecular flexibility index (Phi) is 3.79. The molecule has 0 bridgehead atoms. The van der Waals surface area contributed by atoms with Gasteiger partial charge in [-0.25, -0.2) is 0 Å². The van der Waals surface area contributed by atoms with Gasteiger partial charge in [0.05, 0.1) is 0 Å². The average Bonchev–Trinajstić information content (AvgIpc) is 2.91. The molecule has 3 nitrogen and oxygen atoms in total. The molecule has 2 rings (SSSR count). The zero-order chi connectivity index (χ0) is 9.80. The molecule has 2 fully saturated rings. The lowest BCUT2D eigenvalue weighted by Gasteiger charge is -2.27. The van der Waals surface area contributed by atoms with Crippen molar-refractivity contribution in [2.24, 2.45) is 11.8 Å². The molecular weight excluding hydrogens is 174 g/mol. The molecule has 2 unspecified atom stereocenters. The second-order valence-electron chi connectivity index (χ2n) is 4.77. The number of nitrogens with zero attached hydrogens (tertiary/aromatic N) is 1. The molecule has 82 valence electrons. The van der Waals surface area contributed by atoms with E-state index in [4.69, 9.17) is 0 Å². The molecule has 3 heteroatoms. The fraction of sp³-hybridized carbons (Fsp3) is 1.00. The molecule has 2 N–H and O–H groups in total. The van der Waals surface area contributed by atoms with E-state index >= 15 is 0 Å². The standard InChI is InChI=1S/C11H23N3/c1-10-8-11(10)9-13-4-7-14-5-2-12-3-6-14/h10-13H,2-9H2,1H3. The van der Waals surface area contributed by atoms with Gasteiger partial charge in [0.15, 0.2) is 0 Å². The summed E-state index contributed by atoms with van der Waals surface area (Å²) in [6, 6.07) is 0. The summed E-state index contributed by atoms with van der Waals surface area (Å²) in [5.41, 5.74) is 0. The summed E-state index contributed by atoms with van der Waals surface area (Å²) >= 11 is 0. The predicted octanol–water partition coefficient (Wildman–Crippen LogP) is 0.137. The van der Waals surface area contributed by atoms with E-state index in [2.05, 4.69) is 22.5 Å². The summed E-state index contributed by atoms with van der Waals surface area (Å²) in [6.07, 6.45) is 1.45. The van der Waals surface area contributed by atoms with Crippen molar-refractivity contribution in [3.8, 4) is 0 Å². The maximum absolute atomic E-state index is 3.56. The summed E-state index contributed by atoms with van der Waals surface area (Å²) in [5, 5.41) is 6.94. The van der Waals surface area contributed by atoms with E-state index in [1.54, 1.807) is 0 Å². The minimum Gasteiger partial charge on any atom is -0.315 e. The van der Waals surface area contributed by atoms with Gasteiger partial charge in [0.1, 0.15) is 0 Å². The molecule has 0 amide bonds. The van der Waals surface area contributed by atoms with Crippen molar-refractivity contribution in [2.45, 2.75) is 13.3 Å². The Morgan fingerprint density at radius 3 is 2.71 bits per heavy atom. The first-order valence-electron chi connectivity index (χ1n) is 6.00. The van der Waals surface area contributed by atoms with Crippen molar-refractivity contribution in [3.63, 3.8) is 0 Å². The van der Waals surface area contributed by atoms with Gasteiger partial charge < -0.3 is 10.6 Å². The molecule has 0 aromatic heterocycles. The largest absolute Gasteiger partial charge is 0.315 e. The minimum atomic E-state index is 0.984. The predicted molar refractivity (Wildman–Crippen MR) is 59.5 cm³/mol. The molecule has 1 aliphatic heterocycles. The molecule has 1 saturated carbocycles. The topological polar surface area (TPSA) is 27.3 Å². The van der Waals surface area contributed by atoms with E-state index < -0.39 is 0 Å². The van der Waals surface area contributed by atoms with Gasteiger partial charge in [0.2, 0.25) is 0 Å². The van der Waals surface area contributed by atoms with Crippen molar-refractivity contribution in [1.82, 2.24) is 15.5 Å². The van der Waals surface area contributed by atoms with E-state index in [0.29, 0.717) is 0 Å². The van der Waals surface area contributed by atoms with Gasteiger partial charge >= 0.3 is 0 Å². The number of rotatable bonds is 5. The second-order valence-corrected chi connectivity index (χ2v) is 4.77. The Bertz CT molecular complexity index is 166. The zero-order valence-corrected chi connectivity index (χ0v) is 9.26. The van der Waals surface area contributed by atoms with E-state index in [-0.39, 0.29) is 0 Å². The highest BCUT2D eigenvalue weighted by atomic mass is 15.2. The van der Waals surface area contributed by atoms with Gasteiger partial charge in [-0.3, -0.25) is 4.90 Å². The SMILES string of the molecule is CC1CC1CNCCN1CCNCC1. The van der Waals surface area contributed by atoms with Crippen molar-refractivity contribution >= 4 is 0 Å². The normalized spacial score (nSPS) is 33.2. The van der Waals surface area contributed by atoms with Gasteiger partial charge in [-0.1, -0.05) is 6.92 Å². The Morgan fingerprint density at radius 2 is 2.07 bits per heavy atom. The zero-order valence-electron chi connectivity index (χ0n) is 9.26. The summed E-state index contributed by atoms with van der Waals surface area (Å²) in [6.45, 7) is 10.8. The van der Waals surface area contributed by atoms with Crippen LogP contribution in [0.1, 0.15) is 13.3 Å². The van der Waals surface area contributed by atoms with Crippen molar-refractivity contribution in [2.75, 3.05) is 45.8 Å². The Hall–Kier alpha value is -0.120. The first kappa shape index (κ1) is 10.4. The van der Waals surface area contributed by atoms with Gasteiger partial charge in [-0.2, -0.15) is 0 Å². The van der Waals surface area contributed by atoms with E-state index in [0.717, 1.165) is 11.8 Å². The van der Waals surface area contributed by atoms with Gasteiger partial charge in [-0.15, -0.1) is 0 Å². The highest BCUT2D eigenvalue weighted by Crippen LogP contribution is 2.36. The molecule has 0 aromatic carbocycles. The van der Waals surface area contributed by atoms with Crippen LogP contribution in [0.5, 0.6) is 0 Å². The molecule has 2 aliphatic rings. The van der Waals surface area contributed by atoms with Crippen LogP contribution >= 0.6 is 0 Å².